The third-order valence-electron chi connectivity index (χ3n) is 2.79. The Morgan fingerprint density at radius 3 is 2.45 bits per heavy atom. The van der Waals surface area contributed by atoms with Gasteiger partial charge in [-0.3, -0.25) is 4.79 Å². The molecule has 0 saturated heterocycles. The molecule has 0 amide bonds. The molecule has 0 aromatic heterocycles. The maximum absolute atomic E-state index is 13.8. The molecule has 0 heterocycles. The largest absolute Gasteiger partial charge is 0.292 e. The zero-order valence-corrected chi connectivity index (χ0v) is 12.5. The van der Waals surface area contributed by atoms with Crippen LogP contribution in [0.25, 0.3) is 0 Å². The van der Waals surface area contributed by atoms with E-state index in [4.69, 9.17) is 11.6 Å². The van der Waals surface area contributed by atoms with Crippen molar-refractivity contribution in [2.75, 3.05) is 0 Å². The van der Waals surface area contributed by atoms with Crippen LogP contribution in [0.15, 0.2) is 46.9 Å². The highest BCUT2D eigenvalue weighted by Gasteiger charge is 2.24. The summed E-state index contributed by atoms with van der Waals surface area (Å²) in [6, 6.07) is 12.4. The molecule has 0 aliphatic rings. The van der Waals surface area contributed by atoms with Crippen molar-refractivity contribution in [3.63, 3.8) is 0 Å². The van der Waals surface area contributed by atoms with Crippen LogP contribution in [0.1, 0.15) is 21.8 Å². The summed E-state index contributed by atoms with van der Waals surface area (Å²) in [5.41, 5.74) is 0.388. The summed E-state index contributed by atoms with van der Waals surface area (Å²) in [5.74, 6) is -2.28. The van der Waals surface area contributed by atoms with Gasteiger partial charge in [-0.05, 0) is 35.9 Å². The van der Waals surface area contributed by atoms with Gasteiger partial charge in [0.25, 0.3) is 0 Å². The molecule has 0 N–H and O–H groups in total. The van der Waals surface area contributed by atoms with Gasteiger partial charge in [0, 0.05) is 9.50 Å². The van der Waals surface area contributed by atoms with E-state index in [9.17, 15) is 14.4 Å². The fourth-order valence-electron chi connectivity index (χ4n) is 1.78. The lowest BCUT2D eigenvalue weighted by atomic mass is 9.92. The van der Waals surface area contributed by atoms with Gasteiger partial charge in [0.15, 0.2) is 5.78 Å². The SMILES string of the molecule is N#CC(C(=O)c1ccc(Br)cc1F)c1ccc(Cl)cc1. The van der Waals surface area contributed by atoms with Gasteiger partial charge >= 0.3 is 0 Å². The Kier molecular flexibility index (Phi) is 4.53. The smallest absolute Gasteiger partial charge is 0.187 e. The number of ketones is 1. The van der Waals surface area contributed by atoms with Gasteiger partial charge in [0.05, 0.1) is 11.6 Å². The molecule has 2 aromatic carbocycles. The number of nitrogens with zero attached hydrogens (tertiary/aromatic N) is 1. The van der Waals surface area contributed by atoms with E-state index >= 15 is 0 Å². The van der Waals surface area contributed by atoms with Crippen LogP contribution < -0.4 is 0 Å². The van der Waals surface area contributed by atoms with Gasteiger partial charge in [-0.2, -0.15) is 5.26 Å². The van der Waals surface area contributed by atoms with Crippen molar-refractivity contribution in [3.05, 3.63) is 68.9 Å². The molecule has 2 nitrogen and oxygen atoms in total. The molecule has 0 aliphatic carbocycles. The zero-order valence-electron chi connectivity index (χ0n) is 10.1. The summed E-state index contributed by atoms with van der Waals surface area (Å²) in [4.78, 5) is 12.3. The lowest BCUT2D eigenvalue weighted by molar-refractivity contribution is 0.0975. The normalized spacial score (nSPS) is 11.7. The molecule has 2 rings (SSSR count). The van der Waals surface area contributed by atoms with Crippen molar-refractivity contribution in [1.82, 2.24) is 0 Å². The topological polar surface area (TPSA) is 40.9 Å². The number of hydrogen-bond donors (Lipinski definition) is 0. The molecule has 20 heavy (non-hydrogen) atoms. The average molecular weight is 353 g/mol. The van der Waals surface area contributed by atoms with Crippen LogP contribution in [0.2, 0.25) is 5.02 Å². The van der Waals surface area contributed by atoms with E-state index in [1.54, 1.807) is 30.3 Å². The number of benzene rings is 2. The number of halogens is 3. The quantitative estimate of drug-likeness (QED) is 0.749. The summed E-state index contributed by atoms with van der Waals surface area (Å²) in [6.45, 7) is 0. The Morgan fingerprint density at radius 2 is 1.90 bits per heavy atom. The van der Waals surface area contributed by atoms with Gasteiger partial charge in [0.2, 0.25) is 0 Å². The van der Waals surface area contributed by atoms with Crippen LogP contribution in [0, 0.1) is 17.1 Å². The minimum atomic E-state index is -1.05. The van der Waals surface area contributed by atoms with Crippen molar-refractivity contribution in [3.8, 4) is 6.07 Å². The molecule has 0 radical (unpaired) electrons. The maximum Gasteiger partial charge on any atom is 0.187 e. The molecule has 1 atom stereocenters. The Labute approximate surface area is 128 Å². The molecule has 2 aromatic rings. The Balaban J connectivity index is 2.39. The summed E-state index contributed by atoms with van der Waals surface area (Å²) in [6.07, 6.45) is 0. The second kappa shape index (κ2) is 6.17. The number of carbonyl (C=O) groups excluding carboxylic acids is 1. The summed E-state index contributed by atoms with van der Waals surface area (Å²) in [7, 11) is 0. The molecular weight excluding hydrogens is 345 g/mol. The first-order chi connectivity index (χ1) is 9.52. The minimum Gasteiger partial charge on any atom is -0.292 e. The zero-order chi connectivity index (χ0) is 14.7. The Bertz CT molecular complexity index is 694. The lowest BCUT2D eigenvalue weighted by Gasteiger charge is -2.09. The highest BCUT2D eigenvalue weighted by atomic mass is 79.9. The Morgan fingerprint density at radius 1 is 1.25 bits per heavy atom. The van der Waals surface area contributed by atoms with Gasteiger partial charge < -0.3 is 0 Å². The third kappa shape index (κ3) is 3.06. The van der Waals surface area contributed by atoms with Crippen LogP contribution in [0.3, 0.4) is 0 Å². The fourth-order valence-corrected chi connectivity index (χ4v) is 2.24. The first kappa shape index (κ1) is 14.7. The molecule has 0 spiro atoms. The molecule has 0 fully saturated rings. The van der Waals surface area contributed by atoms with E-state index in [1.807, 2.05) is 6.07 Å². The molecule has 100 valence electrons. The summed E-state index contributed by atoms with van der Waals surface area (Å²) >= 11 is 8.89. The van der Waals surface area contributed by atoms with Crippen LogP contribution in [-0.4, -0.2) is 5.78 Å². The van der Waals surface area contributed by atoms with Crippen molar-refractivity contribution in [1.29, 1.82) is 5.26 Å². The molecular formula is C15H8BrClFNO. The molecule has 1 unspecified atom stereocenters. The van der Waals surface area contributed by atoms with Crippen LogP contribution in [0.4, 0.5) is 4.39 Å². The van der Waals surface area contributed by atoms with Crippen molar-refractivity contribution in [2.45, 2.75) is 5.92 Å². The second-order valence-corrected chi connectivity index (χ2v) is 5.45. The van der Waals surface area contributed by atoms with Gasteiger partial charge in [-0.25, -0.2) is 4.39 Å². The maximum atomic E-state index is 13.8. The number of carbonyl (C=O) groups is 1. The van der Waals surface area contributed by atoms with Crippen molar-refractivity contribution in [2.24, 2.45) is 0 Å². The first-order valence-corrected chi connectivity index (χ1v) is 6.84. The predicted octanol–water partition coefficient (Wildman–Crippen LogP) is 4.73. The second-order valence-electron chi connectivity index (χ2n) is 4.10. The average Bonchev–Trinajstić information content (AvgIpc) is 2.41. The summed E-state index contributed by atoms with van der Waals surface area (Å²) in [5, 5.41) is 9.70. The standard InChI is InChI=1S/C15H8BrClFNO/c16-10-3-6-12(14(18)7-10)15(20)13(8-19)9-1-4-11(17)5-2-9/h1-7,13H. The van der Waals surface area contributed by atoms with Crippen LogP contribution in [-0.2, 0) is 0 Å². The van der Waals surface area contributed by atoms with E-state index < -0.39 is 17.5 Å². The third-order valence-corrected chi connectivity index (χ3v) is 3.54. The highest BCUT2D eigenvalue weighted by Crippen LogP contribution is 2.25. The van der Waals surface area contributed by atoms with E-state index in [2.05, 4.69) is 15.9 Å². The lowest BCUT2D eigenvalue weighted by Crippen LogP contribution is -2.13. The van der Waals surface area contributed by atoms with E-state index in [1.165, 1.54) is 12.1 Å². The van der Waals surface area contributed by atoms with E-state index in [-0.39, 0.29) is 5.56 Å². The van der Waals surface area contributed by atoms with Crippen molar-refractivity contribution < 1.29 is 9.18 Å². The van der Waals surface area contributed by atoms with E-state index in [0.717, 1.165) is 0 Å². The number of nitriles is 1. The molecule has 0 bridgehead atoms. The van der Waals surface area contributed by atoms with E-state index in [0.29, 0.717) is 15.1 Å². The monoisotopic (exact) mass is 351 g/mol. The fraction of sp³-hybridized carbons (Fsp3) is 0.0667. The molecule has 0 saturated carbocycles. The molecule has 0 aliphatic heterocycles. The first-order valence-electron chi connectivity index (χ1n) is 5.67. The van der Waals surface area contributed by atoms with Crippen molar-refractivity contribution >= 4 is 33.3 Å². The minimum absolute atomic E-state index is 0.102. The van der Waals surface area contributed by atoms with Gasteiger partial charge in [-0.15, -0.1) is 0 Å². The predicted molar refractivity (Wildman–Crippen MR) is 78.2 cm³/mol. The number of rotatable bonds is 3. The Hall–Kier alpha value is -1.70. The van der Waals surface area contributed by atoms with Gasteiger partial charge in [0.1, 0.15) is 11.7 Å². The molecule has 5 heteroatoms. The number of Topliss-reactive ketones (excluding diaryl/α,β-unsaturated/α-hetero) is 1. The van der Waals surface area contributed by atoms with Gasteiger partial charge in [-0.1, -0.05) is 39.7 Å². The highest BCUT2D eigenvalue weighted by molar-refractivity contribution is 9.10. The van der Waals surface area contributed by atoms with Crippen LogP contribution >= 0.6 is 27.5 Å². The number of hydrogen-bond acceptors (Lipinski definition) is 2. The summed E-state index contributed by atoms with van der Waals surface area (Å²) < 4.78 is 14.3. The van der Waals surface area contributed by atoms with Crippen LogP contribution in [0.5, 0.6) is 0 Å².